The predicted molar refractivity (Wildman–Crippen MR) is 125 cm³/mol. The lowest BCUT2D eigenvalue weighted by Crippen LogP contribution is -2.39. The Bertz CT molecular complexity index is 1030. The molecular formula is C25H31N3O6. The van der Waals surface area contributed by atoms with E-state index < -0.39 is 0 Å². The lowest BCUT2D eigenvalue weighted by molar-refractivity contribution is -0.138. The second kappa shape index (κ2) is 9.97. The molecule has 34 heavy (non-hydrogen) atoms. The summed E-state index contributed by atoms with van der Waals surface area (Å²) in [4.78, 5) is 21.3. The minimum Gasteiger partial charge on any atom is -0.491 e. The Morgan fingerprint density at radius 3 is 2.82 bits per heavy atom. The summed E-state index contributed by atoms with van der Waals surface area (Å²) in [5.41, 5.74) is 1.79. The number of fused-ring (bicyclic) bond motifs is 1. The van der Waals surface area contributed by atoms with Crippen LogP contribution in [0.5, 0.6) is 23.1 Å². The highest BCUT2D eigenvalue weighted by atomic mass is 16.5. The van der Waals surface area contributed by atoms with E-state index in [2.05, 4.69) is 9.88 Å². The van der Waals surface area contributed by atoms with Crippen molar-refractivity contribution in [1.82, 2.24) is 9.88 Å². The van der Waals surface area contributed by atoms with Gasteiger partial charge in [0.15, 0.2) is 5.75 Å². The Morgan fingerprint density at radius 2 is 2.03 bits per heavy atom. The van der Waals surface area contributed by atoms with E-state index in [0.29, 0.717) is 37.9 Å². The Hall–Kier alpha value is -3.20. The Kier molecular flexibility index (Phi) is 6.62. The van der Waals surface area contributed by atoms with Crippen molar-refractivity contribution in [2.45, 2.75) is 25.4 Å². The fourth-order valence-electron chi connectivity index (χ4n) is 4.82. The van der Waals surface area contributed by atoms with E-state index in [1.165, 1.54) is 0 Å². The quantitative estimate of drug-likeness (QED) is 0.639. The van der Waals surface area contributed by atoms with Crippen molar-refractivity contribution in [3.05, 3.63) is 30.5 Å². The van der Waals surface area contributed by atoms with Crippen LogP contribution in [0.2, 0.25) is 0 Å². The number of benzene rings is 1. The van der Waals surface area contributed by atoms with Crippen molar-refractivity contribution in [3.63, 3.8) is 0 Å². The third-order valence-corrected chi connectivity index (χ3v) is 6.59. The molecule has 0 saturated carbocycles. The summed E-state index contributed by atoms with van der Waals surface area (Å²) >= 11 is 0. The van der Waals surface area contributed by atoms with E-state index in [1.54, 1.807) is 20.4 Å². The van der Waals surface area contributed by atoms with E-state index in [0.717, 1.165) is 55.3 Å². The van der Waals surface area contributed by atoms with E-state index in [4.69, 9.17) is 23.7 Å². The number of carbonyl (C=O) groups is 1. The summed E-state index contributed by atoms with van der Waals surface area (Å²) in [6.45, 7) is 3.85. The summed E-state index contributed by atoms with van der Waals surface area (Å²) in [6, 6.07) is 7.76. The zero-order chi connectivity index (χ0) is 23.5. The summed E-state index contributed by atoms with van der Waals surface area (Å²) in [5, 5.41) is 0. The first kappa shape index (κ1) is 22.6. The number of carbonyl (C=O) groups excluding carboxylic acids is 1. The van der Waals surface area contributed by atoms with Crippen LogP contribution < -0.4 is 23.8 Å². The van der Waals surface area contributed by atoms with Crippen molar-refractivity contribution >= 4 is 17.3 Å². The van der Waals surface area contributed by atoms with Gasteiger partial charge in [0.2, 0.25) is 5.91 Å². The Balaban J connectivity index is 1.29. The van der Waals surface area contributed by atoms with Crippen LogP contribution >= 0.6 is 0 Å². The van der Waals surface area contributed by atoms with Gasteiger partial charge in [0.25, 0.3) is 5.88 Å². The molecule has 1 aromatic carbocycles. The minimum absolute atomic E-state index is 0.0166. The van der Waals surface area contributed by atoms with Crippen molar-refractivity contribution in [2.24, 2.45) is 5.92 Å². The van der Waals surface area contributed by atoms with Gasteiger partial charge in [0.05, 0.1) is 57.4 Å². The molecule has 4 heterocycles. The molecule has 3 aliphatic heterocycles. The first-order valence-corrected chi connectivity index (χ1v) is 11.8. The van der Waals surface area contributed by atoms with E-state index >= 15 is 0 Å². The van der Waals surface area contributed by atoms with Crippen LogP contribution in [0, 0.1) is 5.92 Å². The second-order valence-electron chi connectivity index (χ2n) is 8.76. The average Bonchev–Trinajstić information content (AvgIpc) is 3.36. The van der Waals surface area contributed by atoms with Crippen molar-refractivity contribution < 1.29 is 28.5 Å². The topological polar surface area (TPSA) is 82.6 Å². The van der Waals surface area contributed by atoms with Gasteiger partial charge in [-0.2, -0.15) is 0 Å². The van der Waals surface area contributed by atoms with Crippen LogP contribution in [-0.4, -0.2) is 75.6 Å². The number of aromatic nitrogens is 1. The first-order chi connectivity index (χ1) is 16.7. The second-order valence-corrected chi connectivity index (χ2v) is 8.76. The molecular weight excluding hydrogens is 438 g/mol. The van der Waals surface area contributed by atoms with Crippen LogP contribution in [0.4, 0.5) is 11.4 Å². The lowest BCUT2D eigenvalue weighted by atomic mass is 10.0. The number of ether oxygens (including phenoxy) is 5. The molecule has 2 aromatic rings. The molecule has 0 radical (unpaired) electrons. The van der Waals surface area contributed by atoms with Gasteiger partial charge in [0, 0.05) is 31.7 Å². The van der Waals surface area contributed by atoms with Crippen LogP contribution in [0.1, 0.15) is 19.3 Å². The third-order valence-electron chi connectivity index (χ3n) is 6.59. The highest BCUT2D eigenvalue weighted by Gasteiger charge is 2.33. The number of anilines is 2. The molecule has 3 aliphatic rings. The highest BCUT2D eigenvalue weighted by Crippen LogP contribution is 2.41. The average molecular weight is 470 g/mol. The molecule has 9 heteroatoms. The van der Waals surface area contributed by atoms with Crippen LogP contribution in [0.25, 0.3) is 0 Å². The number of rotatable bonds is 6. The van der Waals surface area contributed by atoms with Gasteiger partial charge in [-0.15, -0.1) is 0 Å². The fourth-order valence-corrected chi connectivity index (χ4v) is 4.82. The summed E-state index contributed by atoms with van der Waals surface area (Å²) in [5.74, 6) is 2.72. The molecule has 0 N–H and O–H groups in total. The molecule has 0 bridgehead atoms. The van der Waals surface area contributed by atoms with E-state index in [1.807, 2.05) is 29.2 Å². The van der Waals surface area contributed by atoms with Gasteiger partial charge < -0.3 is 33.5 Å². The molecule has 2 atom stereocenters. The zero-order valence-electron chi connectivity index (χ0n) is 19.7. The maximum absolute atomic E-state index is 12.8. The first-order valence-electron chi connectivity index (χ1n) is 11.8. The molecule has 1 aromatic heterocycles. The van der Waals surface area contributed by atoms with Crippen LogP contribution in [-0.2, 0) is 9.53 Å². The number of methoxy groups -OCH3 is 2. The monoisotopic (exact) mass is 469 g/mol. The largest absolute Gasteiger partial charge is 0.491 e. The molecule has 9 nitrogen and oxygen atoms in total. The Labute approximate surface area is 199 Å². The van der Waals surface area contributed by atoms with Gasteiger partial charge >= 0.3 is 0 Å². The third kappa shape index (κ3) is 4.57. The van der Waals surface area contributed by atoms with Gasteiger partial charge in [-0.25, -0.2) is 4.98 Å². The fraction of sp³-hybridized carbons (Fsp3) is 0.520. The molecule has 2 fully saturated rings. The predicted octanol–water partition coefficient (Wildman–Crippen LogP) is 3.04. The van der Waals surface area contributed by atoms with Crippen molar-refractivity contribution in [2.75, 3.05) is 58.6 Å². The summed E-state index contributed by atoms with van der Waals surface area (Å²) in [6.07, 6.45) is 4.41. The number of amides is 1. The maximum Gasteiger partial charge on any atom is 0.256 e. The highest BCUT2D eigenvalue weighted by molar-refractivity contribution is 5.79. The minimum atomic E-state index is -0.0350. The standard InChI is InChI=1S/C25H31N3O6/c1-30-23-12-18(14-26-24(23)31-2)28-9-11-33-22-6-5-19(13-21(22)28)34-20-7-8-27(15-20)25(29)17-4-3-10-32-16-17/h5-6,12-14,17,20H,3-4,7-11,15-16H2,1-2H3. The molecule has 1 amide bonds. The number of hydrogen-bond acceptors (Lipinski definition) is 8. The molecule has 0 aliphatic carbocycles. The number of likely N-dealkylation sites (tertiary alicyclic amines) is 1. The summed E-state index contributed by atoms with van der Waals surface area (Å²) < 4.78 is 28.4. The number of hydrogen-bond donors (Lipinski definition) is 0. The van der Waals surface area contributed by atoms with Crippen LogP contribution in [0.15, 0.2) is 30.5 Å². The molecule has 182 valence electrons. The van der Waals surface area contributed by atoms with Gasteiger partial charge in [0.1, 0.15) is 24.2 Å². The van der Waals surface area contributed by atoms with E-state index in [9.17, 15) is 4.79 Å². The van der Waals surface area contributed by atoms with Gasteiger partial charge in [-0.05, 0) is 25.0 Å². The lowest BCUT2D eigenvalue weighted by Gasteiger charge is -2.32. The van der Waals surface area contributed by atoms with Crippen molar-refractivity contribution in [1.29, 1.82) is 0 Å². The SMILES string of the molecule is COc1cc(N2CCOc3ccc(OC4CCN(C(=O)C5CCCOC5)C4)cc32)cnc1OC. The molecule has 5 rings (SSSR count). The summed E-state index contributed by atoms with van der Waals surface area (Å²) in [7, 11) is 3.16. The number of nitrogens with zero attached hydrogens (tertiary/aromatic N) is 3. The molecule has 0 spiro atoms. The zero-order valence-corrected chi connectivity index (χ0v) is 19.7. The molecule has 2 saturated heterocycles. The smallest absolute Gasteiger partial charge is 0.256 e. The number of pyridine rings is 1. The van der Waals surface area contributed by atoms with Crippen LogP contribution in [0.3, 0.4) is 0 Å². The normalized spacial score (nSPS) is 22.1. The van der Waals surface area contributed by atoms with Gasteiger partial charge in [-0.1, -0.05) is 0 Å². The maximum atomic E-state index is 12.8. The molecule has 2 unspecified atom stereocenters. The Morgan fingerprint density at radius 1 is 1.12 bits per heavy atom. The van der Waals surface area contributed by atoms with Gasteiger partial charge in [-0.3, -0.25) is 4.79 Å². The van der Waals surface area contributed by atoms with E-state index in [-0.39, 0.29) is 17.9 Å². The van der Waals surface area contributed by atoms with Crippen molar-refractivity contribution in [3.8, 4) is 23.1 Å².